The van der Waals surface area contributed by atoms with Crippen LogP contribution in [0.15, 0.2) is 94.1 Å². The van der Waals surface area contributed by atoms with Gasteiger partial charge in [-0.15, -0.1) is 5.75 Å². The molecule has 0 bridgehead atoms. The van der Waals surface area contributed by atoms with Crippen LogP contribution >= 0.6 is 0 Å². The van der Waals surface area contributed by atoms with Crippen LogP contribution in [0.1, 0.15) is 10.4 Å². The molecule has 158 valence electrons. The van der Waals surface area contributed by atoms with E-state index >= 15 is 0 Å². The van der Waals surface area contributed by atoms with E-state index in [2.05, 4.69) is 0 Å². The summed E-state index contributed by atoms with van der Waals surface area (Å²) in [6.45, 7) is 0. The predicted octanol–water partition coefficient (Wildman–Crippen LogP) is 5.69. The molecule has 6 rings (SSSR count). The number of aromatic carboxylic acids is 1. The molecule has 0 amide bonds. The van der Waals surface area contributed by atoms with E-state index in [0.29, 0.717) is 16.7 Å². The van der Waals surface area contributed by atoms with E-state index < -0.39 is 5.97 Å². The van der Waals surface area contributed by atoms with Gasteiger partial charge < -0.3 is 14.6 Å². The van der Waals surface area contributed by atoms with Gasteiger partial charge in [-0.25, -0.2) is 4.79 Å². The van der Waals surface area contributed by atoms with E-state index in [0.717, 1.165) is 37.9 Å². The van der Waals surface area contributed by atoms with Crippen LogP contribution < -0.4 is 10.5 Å². The van der Waals surface area contributed by atoms with Gasteiger partial charge in [0.05, 0.1) is 5.56 Å². The summed E-state index contributed by atoms with van der Waals surface area (Å²) >= 11 is 0. The molecule has 1 aromatic heterocycles. The third-order valence-corrected chi connectivity index (χ3v) is 6.05. The number of carboxylic acid groups (broad SMARTS) is 1. The molecule has 33 heavy (non-hydrogen) atoms. The van der Waals surface area contributed by atoms with Crippen molar-refractivity contribution in [1.82, 2.24) is 0 Å². The van der Waals surface area contributed by atoms with Crippen molar-refractivity contribution in [3.05, 3.63) is 101 Å². The maximum absolute atomic E-state index is 12.1. The van der Waals surface area contributed by atoms with Gasteiger partial charge in [0.1, 0.15) is 11.2 Å². The third-order valence-electron chi connectivity index (χ3n) is 6.05. The van der Waals surface area contributed by atoms with Gasteiger partial charge in [0, 0.05) is 27.1 Å². The second kappa shape index (κ2) is 6.93. The summed E-state index contributed by atoms with van der Waals surface area (Å²) in [6.07, 6.45) is 0. The van der Waals surface area contributed by atoms with Gasteiger partial charge in [-0.1, -0.05) is 48.5 Å². The molecule has 6 aromatic rings. The maximum atomic E-state index is 12.1. The number of hydrogen-bond donors (Lipinski definition) is 1. The molecule has 0 aliphatic rings. The standard InChI is InChI=1S/C28H16O5/c29-17-7-11-19-15(13-17)5-9-23-25(21-3-1-2-4-22(21)28(31)32)24-10-6-16-14-18(30)8-12-20(16)27(24)33-26(19)23/h1-14,29H,(H,31,32)/p-1. The molecular formula is C28H15O5-. The summed E-state index contributed by atoms with van der Waals surface area (Å²) in [5.74, 6) is -1.13. The molecule has 0 atom stereocenters. The first-order valence-electron chi connectivity index (χ1n) is 10.4. The molecule has 1 heterocycles. The first-order chi connectivity index (χ1) is 16.0. The van der Waals surface area contributed by atoms with Crippen LogP contribution in [0, 0.1) is 0 Å². The number of fused-ring (bicyclic) bond motifs is 6. The molecule has 0 aliphatic carbocycles. The van der Waals surface area contributed by atoms with Crippen molar-refractivity contribution in [3.63, 3.8) is 0 Å². The zero-order chi connectivity index (χ0) is 22.7. The van der Waals surface area contributed by atoms with Gasteiger partial charge in [-0.3, -0.25) is 4.79 Å². The van der Waals surface area contributed by atoms with E-state index in [4.69, 9.17) is 4.42 Å². The van der Waals surface area contributed by atoms with Crippen molar-refractivity contribution in [2.24, 2.45) is 0 Å². The van der Waals surface area contributed by atoms with E-state index in [9.17, 15) is 19.8 Å². The monoisotopic (exact) mass is 431 g/mol. The molecule has 1 N–H and O–H groups in total. The van der Waals surface area contributed by atoms with Crippen molar-refractivity contribution in [2.45, 2.75) is 0 Å². The Morgan fingerprint density at radius 1 is 0.727 bits per heavy atom. The minimum atomic E-state index is -1.03. The van der Waals surface area contributed by atoms with Crippen LogP contribution in [0.3, 0.4) is 0 Å². The van der Waals surface area contributed by atoms with Crippen molar-refractivity contribution < 1.29 is 19.4 Å². The predicted molar refractivity (Wildman–Crippen MR) is 127 cm³/mol. The fraction of sp³-hybridized carbons (Fsp3) is 0. The molecule has 5 nitrogen and oxygen atoms in total. The van der Waals surface area contributed by atoms with E-state index in [1.54, 1.807) is 48.5 Å². The van der Waals surface area contributed by atoms with Crippen molar-refractivity contribution in [2.75, 3.05) is 0 Å². The topological polar surface area (TPSA) is 90.6 Å². The third kappa shape index (κ3) is 2.87. The summed E-state index contributed by atoms with van der Waals surface area (Å²) in [5, 5.41) is 26.2. The van der Waals surface area contributed by atoms with Crippen LogP contribution in [0.25, 0.3) is 54.6 Å². The highest BCUT2D eigenvalue weighted by molar-refractivity contribution is 6.20. The number of hydrogen-bond acceptors (Lipinski definition) is 4. The molecular weight excluding hydrogens is 416 g/mol. The van der Waals surface area contributed by atoms with Gasteiger partial charge in [0.2, 0.25) is 0 Å². The Morgan fingerprint density at radius 2 is 1.33 bits per heavy atom. The van der Waals surface area contributed by atoms with E-state index in [1.165, 1.54) is 12.1 Å². The molecule has 5 aromatic carbocycles. The Bertz CT molecular complexity index is 1830. The lowest BCUT2D eigenvalue weighted by Gasteiger charge is -2.16. The number of carbonyl (C=O) groups is 1. The minimum Gasteiger partial charge on any atom is -0.872 e. The fourth-order valence-electron chi connectivity index (χ4n) is 4.60. The largest absolute Gasteiger partial charge is 0.872 e. The Morgan fingerprint density at radius 3 is 2.03 bits per heavy atom. The van der Waals surface area contributed by atoms with Crippen molar-refractivity contribution in [1.29, 1.82) is 0 Å². The SMILES string of the molecule is O=C(O)c1ccccc1-c1c2ccc3cc([O-])ccc3c2oc2c1ccc1cc(=O)ccc12. The highest BCUT2D eigenvalue weighted by Gasteiger charge is 2.20. The Hall–Kier alpha value is -4.64. The van der Waals surface area contributed by atoms with Gasteiger partial charge in [0.25, 0.3) is 0 Å². The van der Waals surface area contributed by atoms with Gasteiger partial charge in [0.15, 0.2) is 5.43 Å². The maximum Gasteiger partial charge on any atom is 0.336 e. The highest BCUT2D eigenvalue weighted by Crippen LogP contribution is 2.42. The molecule has 0 saturated carbocycles. The molecule has 0 fully saturated rings. The highest BCUT2D eigenvalue weighted by atomic mass is 16.4. The van der Waals surface area contributed by atoms with Crippen LogP contribution in [0.2, 0.25) is 0 Å². The zero-order valence-electron chi connectivity index (χ0n) is 17.2. The van der Waals surface area contributed by atoms with Gasteiger partial charge in [-0.2, -0.15) is 0 Å². The summed E-state index contributed by atoms with van der Waals surface area (Å²) < 4.78 is 6.46. The van der Waals surface area contributed by atoms with E-state index in [-0.39, 0.29) is 16.7 Å². The Labute approximate surface area is 186 Å². The lowest BCUT2D eigenvalue weighted by molar-refractivity contribution is -0.268. The quantitative estimate of drug-likeness (QED) is 0.281. The molecule has 5 heteroatoms. The second-order valence-corrected chi connectivity index (χ2v) is 7.98. The first kappa shape index (κ1) is 19.1. The van der Waals surface area contributed by atoms with Gasteiger partial charge >= 0.3 is 5.97 Å². The fourth-order valence-corrected chi connectivity index (χ4v) is 4.60. The molecule has 0 unspecified atom stereocenters. The Kier molecular flexibility index (Phi) is 4.01. The zero-order valence-corrected chi connectivity index (χ0v) is 17.2. The summed E-state index contributed by atoms with van der Waals surface area (Å²) in [6, 6.07) is 23.8. The molecule has 0 aliphatic heterocycles. The Balaban J connectivity index is 1.90. The van der Waals surface area contributed by atoms with E-state index in [1.807, 2.05) is 24.3 Å². The summed E-state index contributed by atoms with van der Waals surface area (Å²) in [5.41, 5.74) is 2.47. The minimum absolute atomic E-state index is 0.104. The van der Waals surface area contributed by atoms with Crippen LogP contribution in [0.4, 0.5) is 0 Å². The summed E-state index contributed by atoms with van der Waals surface area (Å²) in [4.78, 5) is 24.0. The number of rotatable bonds is 2. The van der Waals surface area contributed by atoms with Crippen LogP contribution in [0.5, 0.6) is 5.75 Å². The first-order valence-corrected chi connectivity index (χ1v) is 10.4. The number of benzene rings is 5. The second-order valence-electron chi connectivity index (χ2n) is 7.98. The van der Waals surface area contributed by atoms with Crippen molar-refractivity contribution >= 4 is 49.5 Å². The van der Waals surface area contributed by atoms with Gasteiger partial charge in [-0.05, 0) is 52.7 Å². The smallest absolute Gasteiger partial charge is 0.336 e. The van der Waals surface area contributed by atoms with Crippen LogP contribution in [-0.4, -0.2) is 11.1 Å². The normalized spacial score (nSPS) is 11.5. The van der Waals surface area contributed by atoms with Crippen LogP contribution in [-0.2, 0) is 0 Å². The lowest BCUT2D eigenvalue weighted by Crippen LogP contribution is -2.00. The van der Waals surface area contributed by atoms with Crippen molar-refractivity contribution in [3.8, 4) is 16.9 Å². The lowest BCUT2D eigenvalue weighted by atomic mass is 9.91. The molecule has 0 radical (unpaired) electrons. The average Bonchev–Trinajstić information content (AvgIpc) is 2.82. The summed E-state index contributed by atoms with van der Waals surface area (Å²) in [7, 11) is 0. The number of carboxylic acids is 1. The molecule has 0 saturated heterocycles. The average molecular weight is 431 g/mol. The molecule has 0 spiro atoms.